The Morgan fingerprint density at radius 2 is 2.00 bits per heavy atom. The molecule has 0 atom stereocenters. The Morgan fingerprint density at radius 1 is 1.28 bits per heavy atom. The number of ether oxygens (including phenoxy) is 1. The minimum atomic E-state index is -3.49. The van der Waals surface area contributed by atoms with Crippen molar-refractivity contribution in [1.82, 2.24) is 4.72 Å². The summed E-state index contributed by atoms with van der Waals surface area (Å²) in [6.07, 6.45) is 0. The van der Waals surface area contributed by atoms with Gasteiger partial charge in [0.1, 0.15) is 0 Å². The lowest BCUT2D eigenvalue weighted by Crippen LogP contribution is -2.28. The van der Waals surface area contributed by atoms with Gasteiger partial charge in [-0.2, -0.15) is 0 Å². The third-order valence-electron chi connectivity index (χ3n) is 2.41. The minimum Gasteiger partial charge on any atom is -0.394 e. The van der Waals surface area contributed by atoms with Gasteiger partial charge in [0, 0.05) is 6.54 Å². The van der Waals surface area contributed by atoms with Crippen molar-refractivity contribution < 1.29 is 18.3 Å². The molecule has 0 amide bonds. The van der Waals surface area contributed by atoms with Crippen molar-refractivity contribution in [1.29, 1.82) is 0 Å². The fourth-order valence-electron chi connectivity index (χ4n) is 1.49. The van der Waals surface area contributed by atoms with Gasteiger partial charge in [0.25, 0.3) is 0 Å². The summed E-state index contributed by atoms with van der Waals surface area (Å²) in [6, 6.07) is 5.30. The Labute approximate surface area is 108 Å². The lowest BCUT2D eigenvalue weighted by atomic mass is 10.2. The van der Waals surface area contributed by atoms with Crippen molar-refractivity contribution in [2.24, 2.45) is 0 Å². The Balaban J connectivity index is 2.66. The van der Waals surface area contributed by atoms with Crippen LogP contribution in [-0.2, 0) is 14.8 Å². The number of nitrogens with one attached hydrogen (secondary N) is 1. The Morgan fingerprint density at radius 3 is 2.67 bits per heavy atom. The molecule has 0 aliphatic rings. The van der Waals surface area contributed by atoms with Gasteiger partial charge in [-0.25, -0.2) is 13.1 Å². The van der Waals surface area contributed by atoms with Gasteiger partial charge in [0.05, 0.1) is 24.7 Å². The zero-order valence-corrected chi connectivity index (χ0v) is 11.5. The molecule has 18 heavy (non-hydrogen) atoms. The van der Waals surface area contributed by atoms with E-state index in [1.54, 1.807) is 19.1 Å². The largest absolute Gasteiger partial charge is 0.394 e. The zero-order chi connectivity index (χ0) is 13.6. The molecule has 0 spiro atoms. The number of rotatable bonds is 7. The van der Waals surface area contributed by atoms with Crippen molar-refractivity contribution in [3.8, 4) is 0 Å². The first-order chi connectivity index (χ1) is 8.47. The van der Waals surface area contributed by atoms with Crippen LogP contribution in [-0.4, -0.2) is 39.9 Å². The molecule has 0 radical (unpaired) electrons. The van der Waals surface area contributed by atoms with Crippen LogP contribution in [0, 0.1) is 13.8 Å². The summed E-state index contributed by atoms with van der Waals surface area (Å²) < 4.78 is 31.5. The van der Waals surface area contributed by atoms with Crippen molar-refractivity contribution >= 4 is 10.0 Å². The first-order valence-electron chi connectivity index (χ1n) is 5.73. The van der Waals surface area contributed by atoms with Gasteiger partial charge < -0.3 is 9.84 Å². The summed E-state index contributed by atoms with van der Waals surface area (Å²) in [5, 5.41) is 8.51. The zero-order valence-electron chi connectivity index (χ0n) is 10.6. The smallest absolute Gasteiger partial charge is 0.240 e. The summed E-state index contributed by atoms with van der Waals surface area (Å²) in [5.74, 6) is 0. The Hall–Kier alpha value is -0.950. The van der Waals surface area contributed by atoms with Gasteiger partial charge in [0.2, 0.25) is 10.0 Å². The summed E-state index contributed by atoms with van der Waals surface area (Å²) in [5.41, 5.74) is 1.61. The van der Waals surface area contributed by atoms with Crippen molar-refractivity contribution in [3.05, 3.63) is 29.3 Å². The number of sulfonamides is 1. The molecule has 102 valence electrons. The van der Waals surface area contributed by atoms with Crippen molar-refractivity contribution in [3.63, 3.8) is 0 Å². The molecule has 5 nitrogen and oxygen atoms in total. The second-order valence-corrected chi connectivity index (χ2v) is 5.74. The van der Waals surface area contributed by atoms with Gasteiger partial charge in [-0.1, -0.05) is 12.1 Å². The third-order valence-corrected chi connectivity index (χ3v) is 4.01. The molecule has 2 N–H and O–H groups in total. The number of aryl methyl sites for hydroxylation is 2. The molecule has 0 fully saturated rings. The predicted octanol–water partition coefficient (Wildman–Crippen LogP) is 0.591. The van der Waals surface area contributed by atoms with Gasteiger partial charge in [-0.05, 0) is 31.0 Å². The topological polar surface area (TPSA) is 75.6 Å². The predicted molar refractivity (Wildman–Crippen MR) is 69.0 cm³/mol. The molecule has 0 heterocycles. The summed E-state index contributed by atoms with van der Waals surface area (Å²) in [4.78, 5) is 0.296. The molecule has 1 aromatic carbocycles. The van der Waals surface area contributed by atoms with Crippen LogP contribution >= 0.6 is 0 Å². The van der Waals surface area contributed by atoms with E-state index in [2.05, 4.69) is 4.72 Å². The average molecular weight is 273 g/mol. The molecule has 0 unspecified atom stereocenters. The molecule has 1 rings (SSSR count). The maximum absolute atomic E-state index is 12.0. The van der Waals surface area contributed by atoms with Crippen molar-refractivity contribution in [2.45, 2.75) is 18.7 Å². The van der Waals surface area contributed by atoms with Crippen LogP contribution in [0.15, 0.2) is 23.1 Å². The fourth-order valence-corrected chi connectivity index (χ4v) is 2.83. The number of hydrogen-bond donors (Lipinski definition) is 2. The van der Waals surface area contributed by atoms with Crippen LogP contribution in [0.25, 0.3) is 0 Å². The first-order valence-corrected chi connectivity index (χ1v) is 7.21. The average Bonchev–Trinajstić information content (AvgIpc) is 2.32. The van der Waals surface area contributed by atoms with Crippen LogP contribution in [0.2, 0.25) is 0 Å². The highest BCUT2D eigenvalue weighted by molar-refractivity contribution is 7.89. The van der Waals surface area contributed by atoms with E-state index in [1.807, 2.05) is 13.0 Å². The molecule has 0 aliphatic heterocycles. The number of aliphatic hydroxyl groups excluding tert-OH is 1. The minimum absolute atomic E-state index is 0.0657. The second kappa shape index (κ2) is 6.84. The van der Waals surface area contributed by atoms with E-state index in [0.717, 1.165) is 5.56 Å². The van der Waals surface area contributed by atoms with E-state index in [4.69, 9.17) is 9.84 Å². The second-order valence-electron chi connectivity index (χ2n) is 4.00. The third kappa shape index (κ3) is 4.38. The number of benzene rings is 1. The molecular formula is C12H19NO4S. The summed E-state index contributed by atoms with van der Waals surface area (Å²) in [7, 11) is -3.49. The maximum atomic E-state index is 12.0. The van der Waals surface area contributed by atoms with Gasteiger partial charge in [0.15, 0.2) is 0 Å². The SMILES string of the molecule is Cc1ccc(C)c(S(=O)(=O)NCCOCCO)c1. The fraction of sp³-hybridized carbons (Fsp3) is 0.500. The standard InChI is InChI=1S/C12H19NO4S/c1-10-3-4-11(2)12(9-10)18(15,16)13-5-7-17-8-6-14/h3-4,9,13-14H,5-8H2,1-2H3. The van der Waals surface area contributed by atoms with Crippen LogP contribution in [0.1, 0.15) is 11.1 Å². The monoisotopic (exact) mass is 273 g/mol. The normalized spacial score (nSPS) is 11.7. The molecule has 1 aromatic rings. The summed E-state index contributed by atoms with van der Waals surface area (Å²) >= 11 is 0. The quantitative estimate of drug-likeness (QED) is 0.713. The molecule has 0 aliphatic carbocycles. The maximum Gasteiger partial charge on any atom is 0.240 e. The van der Waals surface area contributed by atoms with Crippen LogP contribution in [0.5, 0.6) is 0 Å². The van der Waals surface area contributed by atoms with E-state index < -0.39 is 10.0 Å². The lowest BCUT2D eigenvalue weighted by molar-refractivity contribution is 0.0961. The van der Waals surface area contributed by atoms with Crippen LogP contribution in [0.4, 0.5) is 0 Å². The van der Waals surface area contributed by atoms with E-state index in [1.165, 1.54) is 0 Å². The molecule has 0 saturated carbocycles. The highest BCUT2D eigenvalue weighted by Gasteiger charge is 2.15. The molecule has 0 saturated heterocycles. The van der Waals surface area contributed by atoms with Gasteiger partial charge in [-0.15, -0.1) is 0 Å². The Kier molecular flexibility index (Phi) is 5.74. The molecule has 0 aromatic heterocycles. The van der Waals surface area contributed by atoms with Gasteiger partial charge >= 0.3 is 0 Å². The highest BCUT2D eigenvalue weighted by atomic mass is 32.2. The molecule has 6 heteroatoms. The first kappa shape index (κ1) is 15.1. The lowest BCUT2D eigenvalue weighted by Gasteiger charge is -2.10. The van der Waals surface area contributed by atoms with E-state index in [9.17, 15) is 8.42 Å². The molecule has 0 bridgehead atoms. The number of hydrogen-bond acceptors (Lipinski definition) is 4. The van der Waals surface area contributed by atoms with Gasteiger partial charge in [-0.3, -0.25) is 0 Å². The Bertz CT molecular complexity index is 485. The molecular weight excluding hydrogens is 254 g/mol. The van der Waals surface area contributed by atoms with Crippen molar-refractivity contribution in [2.75, 3.05) is 26.4 Å². The van der Waals surface area contributed by atoms with E-state index in [0.29, 0.717) is 10.5 Å². The van der Waals surface area contributed by atoms with E-state index in [-0.39, 0.29) is 26.4 Å². The number of aliphatic hydroxyl groups is 1. The van der Waals surface area contributed by atoms with E-state index >= 15 is 0 Å². The highest BCUT2D eigenvalue weighted by Crippen LogP contribution is 2.16. The summed E-state index contributed by atoms with van der Waals surface area (Å²) in [6.45, 7) is 4.19. The van der Waals surface area contributed by atoms with Crippen LogP contribution in [0.3, 0.4) is 0 Å². The van der Waals surface area contributed by atoms with Crippen LogP contribution < -0.4 is 4.72 Å².